The molecule has 1 aliphatic heterocycles. The molecule has 3 unspecified atom stereocenters. The van der Waals surface area contributed by atoms with Crippen molar-refractivity contribution in [2.75, 3.05) is 26.2 Å². The maximum Gasteiger partial charge on any atom is 0.243 e. The van der Waals surface area contributed by atoms with Crippen molar-refractivity contribution in [3.05, 3.63) is 29.3 Å². The van der Waals surface area contributed by atoms with Gasteiger partial charge in [-0.15, -0.1) is 0 Å². The van der Waals surface area contributed by atoms with E-state index in [1.54, 1.807) is 10.4 Å². The van der Waals surface area contributed by atoms with Gasteiger partial charge in [-0.3, -0.25) is 4.79 Å². The Morgan fingerprint density at radius 2 is 1.72 bits per heavy atom. The molecule has 1 amide bonds. The lowest BCUT2D eigenvalue weighted by atomic mass is 9.86. The van der Waals surface area contributed by atoms with Crippen LogP contribution in [-0.2, 0) is 27.7 Å². The SMILES string of the molecule is O=C(CC1CC2CCC1C2)N1CCN(S(=O)(=O)c2ccc3c(c2)CCCC3)CC1. The maximum atomic E-state index is 13.1. The number of fused-ring (bicyclic) bond motifs is 3. The number of piperazine rings is 1. The highest BCUT2D eigenvalue weighted by molar-refractivity contribution is 7.89. The van der Waals surface area contributed by atoms with Crippen molar-refractivity contribution in [1.29, 1.82) is 0 Å². The van der Waals surface area contributed by atoms with Crippen molar-refractivity contribution in [2.45, 2.75) is 62.7 Å². The van der Waals surface area contributed by atoms with Crippen LogP contribution in [0.1, 0.15) is 56.1 Å². The zero-order valence-corrected chi connectivity index (χ0v) is 18.0. The van der Waals surface area contributed by atoms with E-state index in [1.165, 1.54) is 43.2 Å². The average Bonchev–Trinajstić information content (AvgIpc) is 3.36. The lowest BCUT2D eigenvalue weighted by Crippen LogP contribution is -2.50. The monoisotopic (exact) mass is 416 g/mol. The van der Waals surface area contributed by atoms with Crippen molar-refractivity contribution >= 4 is 15.9 Å². The summed E-state index contributed by atoms with van der Waals surface area (Å²) in [5.41, 5.74) is 2.49. The summed E-state index contributed by atoms with van der Waals surface area (Å²) in [5, 5.41) is 0. The van der Waals surface area contributed by atoms with Crippen LogP contribution in [0, 0.1) is 17.8 Å². The highest BCUT2D eigenvalue weighted by Gasteiger charge is 2.41. The van der Waals surface area contributed by atoms with Gasteiger partial charge in [0.05, 0.1) is 4.90 Å². The Balaban J connectivity index is 1.20. The summed E-state index contributed by atoms with van der Waals surface area (Å²) in [6, 6.07) is 5.65. The van der Waals surface area contributed by atoms with E-state index in [-0.39, 0.29) is 5.91 Å². The number of carbonyl (C=O) groups is 1. The van der Waals surface area contributed by atoms with Crippen LogP contribution in [0.5, 0.6) is 0 Å². The van der Waals surface area contributed by atoms with E-state index in [4.69, 9.17) is 0 Å². The Labute approximate surface area is 174 Å². The standard InChI is InChI=1S/C23H32N2O3S/c26-23(16-21-14-17-5-6-20(21)13-17)24-9-11-25(12-10-24)29(27,28)22-8-7-18-3-1-2-4-19(18)15-22/h7-8,15,17,20-21H,1-6,9-14,16H2. The van der Waals surface area contributed by atoms with Gasteiger partial charge in [-0.1, -0.05) is 12.5 Å². The molecule has 158 valence electrons. The van der Waals surface area contributed by atoms with Crippen molar-refractivity contribution in [3.63, 3.8) is 0 Å². The lowest BCUT2D eigenvalue weighted by Gasteiger charge is -2.35. The molecular formula is C23H32N2O3S. The first-order valence-corrected chi connectivity index (χ1v) is 12.8. The summed E-state index contributed by atoms with van der Waals surface area (Å²) >= 11 is 0. The van der Waals surface area contributed by atoms with E-state index in [0.29, 0.717) is 43.4 Å². The molecule has 1 heterocycles. The van der Waals surface area contributed by atoms with Crippen molar-refractivity contribution in [3.8, 4) is 0 Å². The van der Waals surface area contributed by atoms with Gasteiger partial charge < -0.3 is 4.90 Å². The van der Waals surface area contributed by atoms with Gasteiger partial charge in [0.2, 0.25) is 15.9 Å². The van der Waals surface area contributed by atoms with Gasteiger partial charge in [0.25, 0.3) is 0 Å². The number of carbonyl (C=O) groups excluding carboxylic acids is 1. The first-order valence-electron chi connectivity index (χ1n) is 11.4. The van der Waals surface area contributed by atoms with Crippen LogP contribution >= 0.6 is 0 Å². The highest BCUT2D eigenvalue weighted by Crippen LogP contribution is 2.49. The normalized spacial score (nSPS) is 29.8. The Morgan fingerprint density at radius 3 is 2.41 bits per heavy atom. The molecule has 0 aromatic heterocycles. The largest absolute Gasteiger partial charge is 0.340 e. The molecule has 3 fully saturated rings. The van der Waals surface area contributed by atoms with Gasteiger partial charge in [-0.2, -0.15) is 4.31 Å². The van der Waals surface area contributed by atoms with Crippen LogP contribution in [0.4, 0.5) is 0 Å². The fourth-order valence-corrected chi connectivity index (χ4v) is 7.65. The zero-order chi connectivity index (χ0) is 20.0. The van der Waals surface area contributed by atoms with Crippen molar-refractivity contribution in [2.24, 2.45) is 17.8 Å². The van der Waals surface area contributed by atoms with Gasteiger partial charge in [0.15, 0.2) is 0 Å². The summed E-state index contributed by atoms with van der Waals surface area (Å²) in [4.78, 5) is 15.1. The molecule has 2 saturated carbocycles. The third kappa shape index (κ3) is 3.74. The Bertz CT molecular complexity index is 889. The molecule has 4 aliphatic rings. The summed E-state index contributed by atoms with van der Waals surface area (Å²) < 4.78 is 27.8. The Morgan fingerprint density at radius 1 is 0.966 bits per heavy atom. The second-order valence-corrected chi connectivity index (χ2v) is 11.5. The van der Waals surface area contributed by atoms with E-state index >= 15 is 0 Å². The molecule has 0 radical (unpaired) electrons. The number of amides is 1. The van der Waals surface area contributed by atoms with Crippen LogP contribution in [0.15, 0.2) is 23.1 Å². The zero-order valence-electron chi connectivity index (χ0n) is 17.2. The molecule has 0 spiro atoms. The lowest BCUT2D eigenvalue weighted by molar-refractivity contribution is -0.133. The van der Waals surface area contributed by atoms with Gasteiger partial charge in [-0.05, 0) is 86.0 Å². The summed E-state index contributed by atoms with van der Waals surface area (Å²) in [5.74, 6) is 2.41. The van der Waals surface area contributed by atoms with Gasteiger partial charge in [0.1, 0.15) is 0 Å². The third-order valence-electron chi connectivity index (χ3n) is 7.87. The smallest absolute Gasteiger partial charge is 0.243 e. The molecule has 1 saturated heterocycles. The predicted molar refractivity (Wildman–Crippen MR) is 112 cm³/mol. The first-order chi connectivity index (χ1) is 14.0. The average molecular weight is 417 g/mol. The fourth-order valence-electron chi connectivity index (χ4n) is 6.18. The van der Waals surface area contributed by atoms with Gasteiger partial charge in [0, 0.05) is 32.6 Å². The van der Waals surface area contributed by atoms with Crippen LogP contribution in [0.2, 0.25) is 0 Å². The number of rotatable bonds is 4. The number of sulfonamides is 1. The molecule has 0 N–H and O–H groups in total. The van der Waals surface area contributed by atoms with Crippen molar-refractivity contribution < 1.29 is 13.2 Å². The summed E-state index contributed by atoms with van der Waals surface area (Å²) in [6.45, 7) is 1.84. The second-order valence-electron chi connectivity index (χ2n) is 9.56. The number of benzene rings is 1. The maximum absolute atomic E-state index is 13.1. The van der Waals surface area contributed by atoms with E-state index in [9.17, 15) is 13.2 Å². The van der Waals surface area contributed by atoms with E-state index in [0.717, 1.165) is 31.1 Å². The van der Waals surface area contributed by atoms with Crippen LogP contribution in [0.25, 0.3) is 0 Å². The number of nitrogens with zero attached hydrogens (tertiary/aromatic N) is 2. The molecule has 3 atom stereocenters. The van der Waals surface area contributed by atoms with Crippen LogP contribution in [0.3, 0.4) is 0 Å². The third-order valence-corrected chi connectivity index (χ3v) is 9.77. The minimum Gasteiger partial charge on any atom is -0.340 e. The number of hydrogen-bond donors (Lipinski definition) is 0. The number of aryl methyl sites for hydroxylation is 2. The molecule has 5 rings (SSSR count). The molecule has 6 heteroatoms. The topological polar surface area (TPSA) is 57.7 Å². The molecule has 1 aromatic carbocycles. The van der Waals surface area contributed by atoms with Crippen LogP contribution in [-0.4, -0.2) is 49.7 Å². The summed E-state index contributed by atoms with van der Waals surface area (Å²) in [7, 11) is -3.48. The molecular weight excluding hydrogens is 384 g/mol. The second kappa shape index (κ2) is 7.69. The Kier molecular flexibility index (Phi) is 5.19. The van der Waals surface area contributed by atoms with Crippen molar-refractivity contribution in [1.82, 2.24) is 9.21 Å². The number of hydrogen-bond acceptors (Lipinski definition) is 3. The fraction of sp³-hybridized carbons (Fsp3) is 0.696. The summed E-state index contributed by atoms with van der Waals surface area (Å²) in [6.07, 6.45) is 10.2. The molecule has 2 bridgehead atoms. The Hall–Kier alpha value is -1.40. The molecule has 29 heavy (non-hydrogen) atoms. The van der Waals surface area contributed by atoms with Gasteiger partial charge >= 0.3 is 0 Å². The van der Waals surface area contributed by atoms with E-state index in [2.05, 4.69) is 0 Å². The van der Waals surface area contributed by atoms with Gasteiger partial charge in [-0.25, -0.2) is 8.42 Å². The van der Waals surface area contributed by atoms with Crippen LogP contribution < -0.4 is 0 Å². The highest BCUT2D eigenvalue weighted by atomic mass is 32.2. The quantitative estimate of drug-likeness (QED) is 0.757. The van der Waals surface area contributed by atoms with E-state index < -0.39 is 10.0 Å². The minimum atomic E-state index is -3.48. The molecule has 3 aliphatic carbocycles. The molecule has 5 nitrogen and oxygen atoms in total. The molecule has 1 aromatic rings. The first kappa shape index (κ1) is 19.6. The predicted octanol–water partition coefficient (Wildman–Crippen LogP) is 3.22. The van der Waals surface area contributed by atoms with E-state index in [1.807, 2.05) is 17.0 Å². The minimum absolute atomic E-state index is 0.230.